The second-order valence-corrected chi connectivity index (χ2v) is 6.13. The summed E-state index contributed by atoms with van der Waals surface area (Å²) in [6.07, 6.45) is 1.24. The molecule has 2 rings (SSSR count). The average molecular weight is 405 g/mol. The van der Waals surface area contributed by atoms with Crippen molar-refractivity contribution in [2.45, 2.75) is 0 Å². The highest BCUT2D eigenvalue weighted by molar-refractivity contribution is 6.41. The van der Waals surface area contributed by atoms with Gasteiger partial charge in [0.1, 0.15) is 0 Å². The van der Waals surface area contributed by atoms with Crippen LogP contribution in [-0.2, 0) is 9.59 Å². The SMILES string of the molecule is O=C(N/N=C/c1c(Cl)cccc1Cl)C(=O)Nc1cc(Cl)cc(Cl)c1. The predicted molar refractivity (Wildman–Crippen MR) is 97.3 cm³/mol. The van der Waals surface area contributed by atoms with Gasteiger partial charge in [-0.15, -0.1) is 0 Å². The number of nitrogens with zero attached hydrogens (tertiary/aromatic N) is 1. The zero-order valence-corrected chi connectivity index (χ0v) is 14.8. The van der Waals surface area contributed by atoms with Crippen LogP contribution in [0.2, 0.25) is 20.1 Å². The summed E-state index contributed by atoms with van der Waals surface area (Å²) < 4.78 is 0. The summed E-state index contributed by atoms with van der Waals surface area (Å²) >= 11 is 23.5. The van der Waals surface area contributed by atoms with Gasteiger partial charge in [-0.1, -0.05) is 52.5 Å². The fourth-order valence-electron chi connectivity index (χ4n) is 1.65. The third-order valence-corrected chi connectivity index (χ3v) is 3.78. The van der Waals surface area contributed by atoms with Crippen molar-refractivity contribution >= 4 is 70.1 Å². The van der Waals surface area contributed by atoms with Gasteiger partial charge in [0.2, 0.25) is 0 Å². The maximum Gasteiger partial charge on any atom is 0.329 e. The van der Waals surface area contributed by atoms with Crippen LogP contribution in [0.25, 0.3) is 0 Å². The number of carbonyl (C=O) groups is 2. The summed E-state index contributed by atoms with van der Waals surface area (Å²) in [5.74, 6) is -1.92. The molecular formula is C15H9Cl4N3O2. The number of halogens is 4. The number of hydrazone groups is 1. The smallest absolute Gasteiger partial charge is 0.318 e. The molecule has 0 saturated carbocycles. The first-order valence-corrected chi connectivity index (χ1v) is 7.92. The first kappa shape index (κ1) is 18.5. The lowest BCUT2D eigenvalue weighted by molar-refractivity contribution is -0.136. The zero-order chi connectivity index (χ0) is 17.7. The molecule has 5 nitrogen and oxygen atoms in total. The minimum absolute atomic E-state index is 0.283. The second-order valence-electron chi connectivity index (χ2n) is 4.45. The summed E-state index contributed by atoms with van der Waals surface area (Å²) in [6.45, 7) is 0. The van der Waals surface area contributed by atoms with Crippen molar-refractivity contribution in [1.29, 1.82) is 0 Å². The van der Waals surface area contributed by atoms with E-state index in [0.29, 0.717) is 25.7 Å². The summed E-state index contributed by atoms with van der Waals surface area (Å²) in [5.41, 5.74) is 2.77. The summed E-state index contributed by atoms with van der Waals surface area (Å²) in [5, 5.41) is 7.37. The van der Waals surface area contributed by atoms with Crippen LogP contribution >= 0.6 is 46.4 Å². The Kier molecular flexibility index (Phi) is 6.45. The van der Waals surface area contributed by atoms with Crippen molar-refractivity contribution in [3.63, 3.8) is 0 Å². The number of amides is 2. The van der Waals surface area contributed by atoms with E-state index in [1.807, 2.05) is 0 Å². The first-order chi connectivity index (χ1) is 11.4. The van der Waals surface area contributed by atoms with E-state index >= 15 is 0 Å². The Morgan fingerprint density at radius 1 is 0.917 bits per heavy atom. The zero-order valence-electron chi connectivity index (χ0n) is 11.8. The monoisotopic (exact) mass is 403 g/mol. The van der Waals surface area contributed by atoms with E-state index in [0.717, 1.165) is 0 Å². The number of benzene rings is 2. The molecule has 0 atom stereocenters. The van der Waals surface area contributed by atoms with Crippen LogP contribution < -0.4 is 10.7 Å². The van der Waals surface area contributed by atoms with E-state index in [-0.39, 0.29) is 5.69 Å². The molecule has 0 unspecified atom stereocenters. The normalized spacial score (nSPS) is 10.7. The molecule has 2 amide bonds. The highest BCUT2D eigenvalue weighted by atomic mass is 35.5. The molecule has 0 bridgehead atoms. The Morgan fingerprint density at radius 3 is 2.08 bits per heavy atom. The van der Waals surface area contributed by atoms with Crippen molar-refractivity contribution in [3.8, 4) is 0 Å². The van der Waals surface area contributed by atoms with Gasteiger partial charge in [-0.2, -0.15) is 5.10 Å². The minimum atomic E-state index is -0.981. The van der Waals surface area contributed by atoms with Gasteiger partial charge >= 0.3 is 11.8 Å². The van der Waals surface area contributed by atoms with Crippen LogP contribution in [0.1, 0.15) is 5.56 Å². The van der Waals surface area contributed by atoms with E-state index < -0.39 is 11.8 Å². The molecule has 9 heteroatoms. The van der Waals surface area contributed by atoms with Crippen LogP contribution in [0.3, 0.4) is 0 Å². The van der Waals surface area contributed by atoms with Crippen molar-refractivity contribution in [1.82, 2.24) is 5.43 Å². The number of carbonyl (C=O) groups excluding carboxylic acids is 2. The molecule has 0 heterocycles. The molecule has 0 radical (unpaired) electrons. The Bertz CT molecular complexity index is 784. The number of nitrogens with one attached hydrogen (secondary N) is 2. The molecule has 2 aromatic carbocycles. The van der Waals surface area contributed by atoms with Gasteiger partial charge < -0.3 is 5.32 Å². The van der Waals surface area contributed by atoms with Gasteiger partial charge in [-0.05, 0) is 30.3 Å². The van der Waals surface area contributed by atoms with Crippen molar-refractivity contribution in [2.75, 3.05) is 5.32 Å². The maximum atomic E-state index is 11.8. The Hall–Kier alpha value is -1.79. The molecule has 2 N–H and O–H groups in total. The first-order valence-electron chi connectivity index (χ1n) is 6.41. The Balaban J connectivity index is 1.99. The highest BCUT2D eigenvalue weighted by Gasteiger charge is 2.13. The minimum Gasteiger partial charge on any atom is -0.318 e. The third-order valence-electron chi connectivity index (χ3n) is 2.69. The largest absolute Gasteiger partial charge is 0.329 e. The topological polar surface area (TPSA) is 70.6 Å². The molecule has 0 fully saturated rings. The van der Waals surface area contributed by atoms with Crippen LogP contribution in [0.5, 0.6) is 0 Å². The number of hydrogen-bond donors (Lipinski definition) is 2. The number of anilines is 1. The fraction of sp³-hybridized carbons (Fsp3) is 0. The maximum absolute atomic E-state index is 11.8. The third kappa shape index (κ3) is 5.11. The Labute approximate surface area is 157 Å². The fourth-order valence-corrected chi connectivity index (χ4v) is 2.68. The van der Waals surface area contributed by atoms with Crippen molar-refractivity contribution in [3.05, 3.63) is 62.1 Å². The van der Waals surface area contributed by atoms with Crippen LogP contribution in [0, 0.1) is 0 Å². The molecule has 24 heavy (non-hydrogen) atoms. The van der Waals surface area contributed by atoms with Crippen LogP contribution in [0.15, 0.2) is 41.5 Å². The summed E-state index contributed by atoms with van der Waals surface area (Å²) in [7, 11) is 0. The molecule has 2 aromatic rings. The van der Waals surface area contributed by atoms with E-state index in [1.54, 1.807) is 18.2 Å². The molecule has 0 aromatic heterocycles. The molecule has 0 aliphatic carbocycles. The van der Waals surface area contributed by atoms with E-state index in [1.165, 1.54) is 24.4 Å². The van der Waals surface area contributed by atoms with Gasteiger partial charge in [0, 0.05) is 21.3 Å². The molecular weight excluding hydrogens is 396 g/mol. The lowest BCUT2D eigenvalue weighted by Gasteiger charge is -2.05. The van der Waals surface area contributed by atoms with Gasteiger partial charge in [-0.3, -0.25) is 9.59 Å². The standard InChI is InChI=1S/C15H9Cl4N3O2/c16-8-4-9(17)6-10(5-8)21-14(23)15(24)22-20-7-11-12(18)2-1-3-13(11)19/h1-7H,(H,21,23)(H,22,24)/b20-7+. The van der Waals surface area contributed by atoms with E-state index in [9.17, 15) is 9.59 Å². The predicted octanol–water partition coefficient (Wildman–Crippen LogP) is 4.39. The molecule has 124 valence electrons. The van der Waals surface area contributed by atoms with E-state index in [4.69, 9.17) is 46.4 Å². The Morgan fingerprint density at radius 2 is 1.50 bits per heavy atom. The van der Waals surface area contributed by atoms with Crippen LogP contribution in [-0.4, -0.2) is 18.0 Å². The molecule has 0 spiro atoms. The van der Waals surface area contributed by atoms with Gasteiger partial charge in [0.05, 0.1) is 16.3 Å². The van der Waals surface area contributed by atoms with E-state index in [2.05, 4.69) is 15.8 Å². The van der Waals surface area contributed by atoms with Gasteiger partial charge in [0.25, 0.3) is 0 Å². The molecule has 0 aliphatic rings. The highest BCUT2D eigenvalue weighted by Crippen LogP contribution is 2.23. The van der Waals surface area contributed by atoms with Crippen molar-refractivity contribution < 1.29 is 9.59 Å². The average Bonchev–Trinajstić information content (AvgIpc) is 2.49. The molecule has 0 saturated heterocycles. The summed E-state index contributed by atoms with van der Waals surface area (Å²) in [6, 6.07) is 9.30. The summed E-state index contributed by atoms with van der Waals surface area (Å²) in [4.78, 5) is 23.5. The number of rotatable bonds is 3. The van der Waals surface area contributed by atoms with Gasteiger partial charge in [-0.25, -0.2) is 5.43 Å². The molecule has 0 aliphatic heterocycles. The lowest BCUT2D eigenvalue weighted by atomic mass is 10.2. The second kappa shape index (κ2) is 8.35. The van der Waals surface area contributed by atoms with Crippen molar-refractivity contribution in [2.24, 2.45) is 5.10 Å². The number of hydrogen-bond acceptors (Lipinski definition) is 3. The quantitative estimate of drug-likeness (QED) is 0.452. The van der Waals surface area contributed by atoms with Gasteiger partial charge in [0.15, 0.2) is 0 Å². The lowest BCUT2D eigenvalue weighted by Crippen LogP contribution is -2.32. The van der Waals surface area contributed by atoms with Crippen LogP contribution in [0.4, 0.5) is 5.69 Å².